The number of carbonyl (C=O) groups excluding carboxylic acids is 1. The monoisotopic (exact) mass is 284 g/mol. The van der Waals surface area contributed by atoms with Gasteiger partial charge in [-0.1, -0.05) is 13.8 Å². The van der Waals surface area contributed by atoms with Gasteiger partial charge in [0.15, 0.2) is 0 Å². The van der Waals surface area contributed by atoms with Crippen molar-refractivity contribution in [3.05, 3.63) is 24.0 Å². The molecule has 1 aromatic rings. The van der Waals surface area contributed by atoms with E-state index in [9.17, 15) is 4.79 Å². The van der Waals surface area contributed by atoms with E-state index < -0.39 is 0 Å². The van der Waals surface area contributed by atoms with Crippen molar-refractivity contribution in [3.8, 4) is 0 Å². The first-order valence-corrected chi connectivity index (χ1v) is 8.37. The minimum atomic E-state index is -0.0620. The van der Waals surface area contributed by atoms with Gasteiger partial charge in [-0.15, -0.1) is 11.8 Å². The van der Waals surface area contributed by atoms with Gasteiger partial charge in [0.2, 0.25) is 0 Å². The average Bonchev–Trinajstić information content (AvgIpc) is 2.39. The summed E-state index contributed by atoms with van der Waals surface area (Å²) in [6.45, 7) is 4.94. The lowest BCUT2D eigenvalue weighted by Gasteiger charge is -2.07. The van der Waals surface area contributed by atoms with Gasteiger partial charge in [-0.2, -0.15) is 11.8 Å². The Morgan fingerprint density at radius 2 is 2.22 bits per heavy atom. The summed E-state index contributed by atoms with van der Waals surface area (Å²) in [5.41, 5.74) is 0.549. The van der Waals surface area contributed by atoms with Crippen molar-refractivity contribution >= 4 is 29.4 Å². The number of carbonyl (C=O) groups is 1. The van der Waals surface area contributed by atoms with Gasteiger partial charge in [-0.3, -0.25) is 4.79 Å². The van der Waals surface area contributed by atoms with Crippen LogP contribution in [0.25, 0.3) is 0 Å². The molecule has 0 saturated heterocycles. The number of nitrogens with zero attached hydrogens (tertiary/aromatic N) is 1. The molecule has 18 heavy (non-hydrogen) atoms. The van der Waals surface area contributed by atoms with Gasteiger partial charge in [0.05, 0.1) is 0 Å². The standard InChI is InChI=1S/C13H20N2OS2/c1-3-17-10-6-9-15-13(16)12-11(18-4-2)7-5-8-14-12/h5,7-8H,3-4,6,9-10H2,1-2H3,(H,15,16). The van der Waals surface area contributed by atoms with E-state index in [0.29, 0.717) is 5.69 Å². The summed E-state index contributed by atoms with van der Waals surface area (Å²) in [6.07, 6.45) is 2.68. The number of rotatable bonds is 8. The molecule has 0 bridgehead atoms. The molecule has 0 aromatic carbocycles. The molecule has 0 saturated carbocycles. The van der Waals surface area contributed by atoms with E-state index in [0.717, 1.165) is 35.1 Å². The number of hydrogen-bond donors (Lipinski definition) is 1. The third kappa shape index (κ3) is 5.31. The second kappa shape index (κ2) is 9.28. The Kier molecular flexibility index (Phi) is 7.93. The van der Waals surface area contributed by atoms with E-state index >= 15 is 0 Å². The SMILES string of the molecule is CCSCCCNC(=O)c1ncccc1SCC. The quantitative estimate of drug-likeness (QED) is 0.588. The largest absolute Gasteiger partial charge is 0.351 e. The number of aromatic nitrogens is 1. The summed E-state index contributed by atoms with van der Waals surface area (Å²) < 4.78 is 0. The summed E-state index contributed by atoms with van der Waals surface area (Å²) in [4.78, 5) is 17.1. The van der Waals surface area contributed by atoms with E-state index in [2.05, 4.69) is 24.1 Å². The number of nitrogens with one attached hydrogen (secondary N) is 1. The molecular formula is C13H20N2OS2. The van der Waals surface area contributed by atoms with Crippen LogP contribution in [0.5, 0.6) is 0 Å². The van der Waals surface area contributed by atoms with Crippen LogP contribution in [-0.2, 0) is 0 Å². The molecule has 0 aliphatic heterocycles. The predicted molar refractivity (Wildman–Crippen MR) is 80.6 cm³/mol. The molecule has 0 aliphatic rings. The molecule has 0 fully saturated rings. The summed E-state index contributed by atoms with van der Waals surface area (Å²) in [5, 5.41) is 2.93. The van der Waals surface area contributed by atoms with Crippen molar-refractivity contribution in [2.45, 2.75) is 25.2 Å². The lowest BCUT2D eigenvalue weighted by Crippen LogP contribution is -2.26. The van der Waals surface area contributed by atoms with Crippen molar-refractivity contribution in [1.82, 2.24) is 10.3 Å². The Balaban J connectivity index is 2.45. The molecule has 100 valence electrons. The van der Waals surface area contributed by atoms with Crippen LogP contribution in [0.4, 0.5) is 0 Å². The van der Waals surface area contributed by atoms with Crippen molar-refractivity contribution in [1.29, 1.82) is 0 Å². The summed E-state index contributed by atoms with van der Waals surface area (Å²) in [7, 11) is 0. The van der Waals surface area contributed by atoms with Crippen molar-refractivity contribution in [2.75, 3.05) is 23.8 Å². The number of amides is 1. The zero-order valence-electron chi connectivity index (χ0n) is 10.9. The van der Waals surface area contributed by atoms with Crippen LogP contribution in [0.2, 0.25) is 0 Å². The fraction of sp³-hybridized carbons (Fsp3) is 0.538. The summed E-state index contributed by atoms with van der Waals surface area (Å²) in [5.74, 6) is 3.10. The third-order valence-electron chi connectivity index (χ3n) is 2.24. The molecule has 5 heteroatoms. The van der Waals surface area contributed by atoms with E-state index in [4.69, 9.17) is 0 Å². The highest BCUT2D eigenvalue weighted by atomic mass is 32.2. The van der Waals surface area contributed by atoms with Crippen LogP contribution in [0.3, 0.4) is 0 Å². The van der Waals surface area contributed by atoms with Gasteiger partial charge in [-0.25, -0.2) is 4.98 Å². The Morgan fingerprint density at radius 3 is 2.94 bits per heavy atom. The summed E-state index contributed by atoms with van der Waals surface area (Å²) >= 11 is 3.55. The fourth-order valence-electron chi connectivity index (χ4n) is 1.44. The topological polar surface area (TPSA) is 42.0 Å². The molecule has 0 radical (unpaired) electrons. The second-order valence-corrected chi connectivity index (χ2v) is 6.29. The maximum absolute atomic E-state index is 12.0. The van der Waals surface area contributed by atoms with Crippen LogP contribution < -0.4 is 5.32 Å². The Labute approximate surface area is 118 Å². The smallest absolute Gasteiger partial charge is 0.271 e. The van der Waals surface area contributed by atoms with Crippen molar-refractivity contribution in [2.24, 2.45) is 0 Å². The lowest BCUT2D eigenvalue weighted by molar-refractivity contribution is 0.0945. The van der Waals surface area contributed by atoms with Gasteiger partial charge in [-0.05, 0) is 35.8 Å². The van der Waals surface area contributed by atoms with E-state index in [-0.39, 0.29) is 5.91 Å². The molecule has 1 N–H and O–H groups in total. The average molecular weight is 284 g/mol. The van der Waals surface area contributed by atoms with E-state index in [1.807, 2.05) is 23.9 Å². The van der Waals surface area contributed by atoms with Gasteiger partial charge < -0.3 is 5.32 Å². The van der Waals surface area contributed by atoms with Gasteiger partial charge in [0.1, 0.15) is 5.69 Å². The van der Waals surface area contributed by atoms with Crippen LogP contribution in [0, 0.1) is 0 Å². The highest BCUT2D eigenvalue weighted by molar-refractivity contribution is 7.99. The number of pyridine rings is 1. The molecule has 0 spiro atoms. The summed E-state index contributed by atoms with van der Waals surface area (Å²) in [6, 6.07) is 3.82. The van der Waals surface area contributed by atoms with Crippen LogP contribution in [-0.4, -0.2) is 34.7 Å². The van der Waals surface area contributed by atoms with Gasteiger partial charge >= 0.3 is 0 Å². The maximum Gasteiger partial charge on any atom is 0.271 e. The predicted octanol–water partition coefficient (Wildman–Crippen LogP) is 3.07. The molecule has 1 rings (SSSR count). The third-order valence-corrected chi connectivity index (χ3v) is 4.16. The molecule has 0 atom stereocenters. The molecule has 3 nitrogen and oxygen atoms in total. The first kappa shape index (κ1) is 15.4. The van der Waals surface area contributed by atoms with Crippen LogP contribution >= 0.6 is 23.5 Å². The van der Waals surface area contributed by atoms with E-state index in [1.54, 1.807) is 18.0 Å². The number of hydrogen-bond acceptors (Lipinski definition) is 4. The molecule has 1 aromatic heterocycles. The first-order valence-electron chi connectivity index (χ1n) is 6.23. The highest BCUT2D eigenvalue weighted by Crippen LogP contribution is 2.20. The normalized spacial score (nSPS) is 10.3. The lowest BCUT2D eigenvalue weighted by atomic mass is 10.3. The minimum absolute atomic E-state index is 0.0620. The van der Waals surface area contributed by atoms with Crippen molar-refractivity contribution < 1.29 is 4.79 Å². The molecule has 0 aliphatic carbocycles. The van der Waals surface area contributed by atoms with Gasteiger partial charge in [0.25, 0.3) is 5.91 Å². The zero-order chi connectivity index (χ0) is 13.2. The Morgan fingerprint density at radius 1 is 1.39 bits per heavy atom. The second-order valence-electron chi connectivity index (χ2n) is 3.59. The van der Waals surface area contributed by atoms with Crippen LogP contribution in [0.15, 0.2) is 23.2 Å². The minimum Gasteiger partial charge on any atom is -0.351 e. The Bertz CT molecular complexity index is 372. The first-order chi connectivity index (χ1) is 8.79. The molecule has 0 unspecified atom stereocenters. The maximum atomic E-state index is 12.0. The van der Waals surface area contributed by atoms with Crippen molar-refractivity contribution in [3.63, 3.8) is 0 Å². The fourth-order valence-corrected chi connectivity index (χ4v) is 2.84. The Hall–Kier alpha value is -0.680. The van der Waals surface area contributed by atoms with Gasteiger partial charge in [0, 0.05) is 17.6 Å². The molecule has 1 heterocycles. The zero-order valence-corrected chi connectivity index (χ0v) is 12.6. The highest BCUT2D eigenvalue weighted by Gasteiger charge is 2.11. The molecular weight excluding hydrogens is 264 g/mol. The number of thioether (sulfide) groups is 2. The van der Waals surface area contributed by atoms with Crippen LogP contribution in [0.1, 0.15) is 30.8 Å². The van der Waals surface area contributed by atoms with E-state index in [1.165, 1.54) is 0 Å². The molecule has 1 amide bonds.